The van der Waals surface area contributed by atoms with Crippen molar-refractivity contribution >= 4 is 6.09 Å². The standard InChI is InChI=1S/C26H39F2N3O2/c1-24(2,3)33-23(32)31-17-12-25(13-18-31)10-15-30(16-11-25)22-9-14-29(20-26(22,27)28)19-21-7-5-4-6-8-21/h4-8,22H,9-20H2,1-3H3/t22-/m0/s1. The van der Waals surface area contributed by atoms with Gasteiger partial charge in [-0.25, -0.2) is 13.6 Å². The Hall–Kier alpha value is -1.73. The van der Waals surface area contributed by atoms with Gasteiger partial charge in [-0.2, -0.15) is 0 Å². The average molecular weight is 464 g/mol. The lowest BCUT2D eigenvalue weighted by Crippen LogP contribution is -2.60. The summed E-state index contributed by atoms with van der Waals surface area (Å²) in [5, 5.41) is 0. The van der Waals surface area contributed by atoms with Gasteiger partial charge in [0.15, 0.2) is 0 Å². The van der Waals surface area contributed by atoms with Gasteiger partial charge in [0.1, 0.15) is 5.60 Å². The number of alkyl halides is 2. The minimum absolute atomic E-state index is 0.168. The van der Waals surface area contributed by atoms with Crippen LogP contribution >= 0.6 is 0 Å². The molecular formula is C26H39F2N3O2. The smallest absolute Gasteiger partial charge is 0.410 e. The molecule has 0 N–H and O–H groups in total. The van der Waals surface area contributed by atoms with Crippen molar-refractivity contribution in [3.05, 3.63) is 35.9 Å². The second kappa shape index (κ2) is 9.49. The first kappa shape index (κ1) is 24.4. The molecule has 1 aromatic carbocycles. The zero-order chi connectivity index (χ0) is 23.7. The Morgan fingerprint density at radius 2 is 1.61 bits per heavy atom. The van der Waals surface area contributed by atoms with Gasteiger partial charge >= 0.3 is 6.09 Å². The van der Waals surface area contributed by atoms with Crippen LogP contribution < -0.4 is 0 Å². The lowest BCUT2D eigenvalue weighted by molar-refractivity contribution is -0.139. The predicted octanol–water partition coefficient (Wildman–Crippen LogP) is 5.01. The number of piperidine rings is 3. The molecule has 4 rings (SSSR count). The fourth-order valence-corrected chi connectivity index (χ4v) is 5.73. The molecule has 0 aromatic heterocycles. The van der Waals surface area contributed by atoms with Crippen molar-refractivity contribution in [2.75, 3.05) is 39.3 Å². The molecule has 0 radical (unpaired) electrons. The summed E-state index contributed by atoms with van der Waals surface area (Å²) in [4.78, 5) is 18.1. The predicted molar refractivity (Wildman–Crippen MR) is 125 cm³/mol. The van der Waals surface area contributed by atoms with E-state index < -0.39 is 17.6 Å². The summed E-state index contributed by atoms with van der Waals surface area (Å²) < 4.78 is 35.9. The van der Waals surface area contributed by atoms with E-state index in [1.165, 1.54) is 0 Å². The fraction of sp³-hybridized carbons (Fsp3) is 0.731. The first-order valence-corrected chi connectivity index (χ1v) is 12.4. The molecule has 7 heteroatoms. The number of carbonyl (C=O) groups is 1. The van der Waals surface area contributed by atoms with Crippen molar-refractivity contribution in [1.82, 2.24) is 14.7 Å². The number of hydrogen-bond acceptors (Lipinski definition) is 4. The first-order valence-electron chi connectivity index (χ1n) is 12.4. The molecule has 1 atom stereocenters. The van der Waals surface area contributed by atoms with E-state index in [9.17, 15) is 4.79 Å². The maximum absolute atomic E-state index is 15.2. The molecule has 3 aliphatic heterocycles. The van der Waals surface area contributed by atoms with Gasteiger partial charge in [-0.05, 0) is 76.9 Å². The number of nitrogens with zero attached hydrogens (tertiary/aromatic N) is 3. The summed E-state index contributed by atoms with van der Waals surface area (Å²) >= 11 is 0. The monoisotopic (exact) mass is 463 g/mol. The van der Waals surface area contributed by atoms with Crippen LogP contribution in [0.4, 0.5) is 13.6 Å². The molecule has 1 aromatic rings. The van der Waals surface area contributed by atoms with Crippen molar-refractivity contribution in [1.29, 1.82) is 0 Å². The first-order chi connectivity index (χ1) is 15.6. The van der Waals surface area contributed by atoms with Crippen molar-refractivity contribution in [2.24, 2.45) is 5.41 Å². The number of ether oxygens (including phenoxy) is 1. The number of amides is 1. The Bertz CT molecular complexity index is 794. The molecule has 0 aliphatic carbocycles. The summed E-state index contributed by atoms with van der Waals surface area (Å²) in [6, 6.07) is 9.22. The third kappa shape index (κ3) is 6.04. The highest BCUT2D eigenvalue weighted by molar-refractivity contribution is 5.68. The number of carbonyl (C=O) groups excluding carboxylic acids is 1. The van der Waals surface area contributed by atoms with Gasteiger partial charge in [0.05, 0.1) is 12.6 Å². The Morgan fingerprint density at radius 3 is 2.18 bits per heavy atom. The van der Waals surface area contributed by atoms with Crippen LogP contribution in [-0.4, -0.2) is 77.6 Å². The lowest BCUT2D eigenvalue weighted by atomic mass is 9.71. The lowest BCUT2D eigenvalue weighted by Gasteiger charge is -2.50. The average Bonchev–Trinajstić information content (AvgIpc) is 2.74. The third-order valence-corrected chi connectivity index (χ3v) is 7.66. The molecule has 3 aliphatic rings. The number of hydrogen-bond donors (Lipinski definition) is 0. The highest BCUT2D eigenvalue weighted by Gasteiger charge is 2.49. The summed E-state index contributed by atoms with van der Waals surface area (Å²) in [7, 11) is 0. The second-order valence-electron chi connectivity index (χ2n) is 11.3. The molecule has 1 spiro atoms. The van der Waals surface area contributed by atoms with E-state index in [1.54, 1.807) is 4.90 Å². The highest BCUT2D eigenvalue weighted by atomic mass is 19.3. The number of benzene rings is 1. The van der Waals surface area contributed by atoms with Gasteiger partial charge in [-0.15, -0.1) is 0 Å². The van der Waals surface area contributed by atoms with Gasteiger partial charge in [-0.1, -0.05) is 30.3 Å². The van der Waals surface area contributed by atoms with Crippen LogP contribution in [-0.2, 0) is 11.3 Å². The highest BCUT2D eigenvalue weighted by Crippen LogP contribution is 2.43. The van der Waals surface area contributed by atoms with Crippen LogP contribution in [0.15, 0.2) is 30.3 Å². The summed E-state index contributed by atoms with van der Waals surface area (Å²) in [5.74, 6) is -2.70. The van der Waals surface area contributed by atoms with E-state index in [4.69, 9.17) is 4.74 Å². The van der Waals surface area contributed by atoms with Gasteiger partial charge in [0.2, 0.25) is 0 Å². The van der Waals surface area contributed by atoms with Gasteiger partial charge in [0, 0.05) is 26.2 Å². The van der Waals surface area contributed by atoms with E-state index in [0.29, 0.717) is 32.6 Å². The Labute approximate surface area is 197 Å². The van der Waals surface area contributed by atoms with E-state index >= 15 is 8.78 Å². The molecule has 3 heterocycles. The van der Waals surface area contributed by atoms with Gasteiger partial charge in [0.25, 0.3) is 5.92 Å². The van der Waals surface area contributed by atoms with Gasteiger partial charge < -0.3 is 9.64 Å². The molecule has 0 saturated carbocycles. The zero-order valence-corrected chi connectivity index (χ0v) is 20.4. The number of rotatable bonds is 3. The Balaban J connectivity index is 1.26. The fourth-order valence-electron chi connectivity index (χ4n) is 5.73. The molecule has 0 bridgehead atoms. The SMILES string of the molecule is CC(C)(C)OC(=O)N1CCC2(CC1)CCN([C@H]1CCN(Cc3ccccc3)CC1(F)F)CC2. The molecule has 33 heavy (non-hydrogen) atoms. The topological polar surface area (TPSA) is 36.0 Å². The summed E-state index contributed by atoms with van der Waals surface area (Å²) in [5.41, 5.74) is 0.780. The molecule has 1 amide bonds. The van der Waals surface area contributed by atoms with Crippen molar-refractivity contribution in [3.63, 3.8) is 0 Å². The Kier molecular flexibility index (Phi) is 7.02. The molecule has 184 valence electrons. The van der Waals surface area contributed by atoms with E-state index in [1.807, 2.05) is 60.9 Å². The van der Waals surface area contributed by atoms with Crippen molar-refractivity contribution < 1.29 is 18.3 Å². The van der Waals surface area contributed by atoms with Crippen LogP contribution in [0.5, 0.6) is 0 Å². The zero-order valence-electron chi connectivity index (χ0n) is 20.4. The number of likely N-dealkylation sites (tertiary alicyclic amines) is 3. The molecule has 5 nitrogen and oxygen atoms in total. The molecular weight excluding hydrogens is 424 g/mol. The minimum atomic E-state index is -2.70. The van der Waals surface area contributed by atoms with Crippen LogP contribution in [0.2, 0.25) is 0 Å². The van der Waals surface area contributed by atoms with E-state index in [2.05, 4.69) is 0 Å². The maximum atomic E-state index is 15.2. The van der Waals surface area contributed by atoms with Crippen molar-refractivity contribution in [2.45, 2.75) is 77.0 Å². The third-order valence-electron chi connectivity index (χ3n) is 7.66. The minimum Gasteiger partial charge on any atom is -0.444 e. The van der Waals surface area contributed by atoms with Crippen molar-refractivity contribution in [3.8, 4) is 0 Å². The van der Waals surface area contributed by atoms with Crippen LogP contribution in [0.1, 0.15) is 58.4 Å². The van der Waals surface area contributed by atoms with Gasteiger partial charge in [-0.3, -0.25) is 9.80 Å². The molecule has 3 saturated heterocycles. The molecule has 3 fully saturated rings. The molecule has 0 unspecified atom stereocenters. The van der Waals surface area contributed by atoms with E-state index in [-0.39, 0.29) is 18.1 Å². The number of halogens is 2. The summed E-state index contributed by atoms with van der Waals surface area (Å²) in [6.07, 6.45) is 4.03. The second-order valence-corrected chi connectivity index (χ2v) is 11.3. The van der Waals surface area contributed by atoms with E-state index in [0.717, 1.165) is 44.3 Å². The maximum Gasteiger partial charge on any atom is 0.410 e. The quantitative estimate of drug-likeness (QED) is 0.631. The van der Waals surface area contributed by atoms with Crippen LogP contribution in [0, 0.1) is 5.41 Å². The van der Waals surface area contributed by atoms with Crippen LogP contribution in [0.25, 0.3) is 0 Å². The largest absolute Gasteiger partial charge is 0.444 e. The summed E-state index contributed by atoms with van der Waals surface area (Å²) in [6.45, 7) is 9.62. The Morgan fingerprint density at radius 1 is 1.00 bits per heavy atom. The normalized spacial score (nSPS) is 26.3. The van der Waals surface area contributed by atoms with Crippen LogP contribution in [0.3, 0.4) is 0 Å².